The van der Waals surface area contributed by atoms with Gasteiger partial charge in [0.05, 0.1) is 16.7 Å². The number of allylic oxidation sites excluding steroid dienone is 4. The molecule has 0 aliphatic heterocycles. The van der Waals surface area contributed by atoms with Gasteiger partial charge in [0.15, 0.2) is 0 Å². The molecule has 0 fully saturated rings. The van der Waals surface area contributed by atoms with Crippen molar-refractivity contribution in [2.24, 2.45) is 0 Å². The Labute approximate surface area is 219 Å². The molecule has 0 saturated carbocycles. The molecule has 0 atom stereocenters. The fourth-order valence-electron chi connectivity index (χ4n) is 2.93. The first-order valence-corrected chi connectivity index (χ1v) is 18.8. The van der Waals surface area contributed by atoms with Crippen molar-refractivity contribution in [2.45, 2.75) is 27.3 Å². The number of rotatable bonds is 4. The molecule has 1 aliphatic carbocycles. The van der Waals surface area contributed by atoms with E-state index in [9.17, 15) is 14.4 Å². The molecule has 3 aromatic carbocycles. The fraction of sp³-hybridized carbons (Fsp3) is 0.167. The van der Waals surface area contributed by atoms with E-state index in [0.717, 1.165) is 0 Å². The Kier molecular flexibility index (Phi) is 12.5. The summed E-state index contributed by atoms with van der Waals surface area (Å²) < 4.78 is 1.72. The van der Waals surface area contributed by atoms with Crippen LogP contribution in [0.15, 0.2) is 113 Å². The molecule has 0 bridgehead atoms. The summed E-state index contributed by atoms with van der Waals surface area (Å²) in [5.74, 6) is -2.64. The molecular formula is C30H35O6Ti. The molecule has 0 radical (unpaired) electrons. The van der Waals surface area contributed by atoms with Gasteiger partial charge in [-0.05, 0) is 36.4 Å². The van der Waals surface area contributed by atoms with Crippen molar-refractivity contribution in [3.8, 4) is 0 Å². The van der Waals surface area contributed by atoms with Gasteiger partial charge in [0.2, 0.25) is 0 Å². The first-order chi connectivity index (χ1) is 17.3. The molecule has 1 aliphatic rings. The maximum absolute atomic E-state index is 10.2. The zero-order valence-electron chi connectivity index (χ0n) is 21.7. The van der Waals surface area contributed by atoms with Crippen LogP contribution in [0.1, 0.15) is 37.5 Å². The molecule has 7 heteroatoms. The van der Waals surface area contributed by atoms with Crippen LogP contribution in [0.25, 0.3) is 0 Å². The quantitative estimate of drug-likeness (QED) is 0.291. The van der Waals surface area contributed by atoms with Crippen molar-refractivity contribution in [2.75, 3.05) is 0 Å². The summed E-state index contributed by atoms with van der Waals surface area (Å²) in [6.45, 7) is 0. The zero-order chi connectivity index (χ0) is 27.9. The number of carboxylic acids is 3. The van der Waals surface area contributed by atoms with E-state index in [4.69, 9.17) is 15.3 Å². The Bertz CT molecular complexity index is 1080. The van der Waals surface area contributed by atoms with Gasteiger partial charge in [-0.3, -0.25) is 0 Å². The summed E-state index contributed by atoms with van der Waals surface area (Å²) >= 11 is -2.02. The number of hydrogen-bond acceptors (Lipinski definition) is 3. The second-order valence-corrected chi connectivity index (χ2v) is 23.8. The van der Waals surface area contributed by atoms with Crippen molar-refractivity contribution >= 4 is 17.9 Å². The molecule has 37 heavy (non-hydrogen) atoms. The van der Waals surface area contributed by atoms with E-state index in [-0.39, 0.29) is 0 Å². The van der Waals surface area contributed by atoms with Gasteiger partial charge >= 0.3 is 82.7 Å². The third-order valence-electron chi connectivity index (χ3n) is 5.12. The van der Waals surface area contributed by atoms with Crippen molar-refractivity contribution in [3.63, 3.8) is 0 Å². The Morgan fingerprint density at radius 1 is 0.568 bits per heavy atom. The van der Waals surface area contributed by atoms with Gasteiger partial charge in [-0.2, -0.15) is 0 Å². The molecule has 0 amide bonds. The molecule has 195 valence electrons. The van der Waals surface area contributed by atoms with Crippen LogP contribution in [0.2, 0.25) is 20.9 Å². The number of carbonyl (C=O) groups is 3. The van der Waals surface area contributed by atoms with E-state index >= 15 is 0 Å². The molecule has 0 spiro atoms. The topological polar surface area (TPSA) is 112 Å². The van der Waals surface area contributed by atoms with Crippen molar-refractivity contribution in [1.82, 2.24) is 0 Å². The minimum atomic E-state index is -2.02. The molecule has 0 heterocycles. The summed E-state index contributed by atoms with van der Waals surface area (Å²) in [6.07, 6.45) is 7.99. The first-order valence-electron chi connectivity index (χ1n) is 11.7. The van der Waals surface area contributed by atoms with Gasteiger partial charge in [-0.25, -0.2) is 14.4 Å². The monoisotopic (exact) mass is 539 g/mol. The van der Waals surface area contributed by atoms with Gasteiger partial charge < -0.3 is 15.3 Å². The predicted molar refractivity (Wildman–Crippen MR) is 145 cm³/mol. The van der Waals surface area contributed by atoms with E-state index < -0.39 is 33.2 Å². The van der Waals surface area contributed by atoms with Gasteiger partial charge in [0.25, 0.3) is 0 Å². The Morgan fingerprint density at radius 3 is 1.00 bits per heavy atom. The number of carboxylic acid groups (broad SMARTS) is 3. The van der Waals surface area contributed by atoms with Gasteiger partial charge in [0, 0.05) is 0 Å². The van der Waals surface area contributed by atoms with Crippen LogP contribution >= 0.6 is 0 Å². The Morgan fingerprint density at radius 2 is 0.865 bits per heavy atom. The maximum atomic E-state index is 10.2. The predicted octanol–water partition coefficient (Wildman–Crippen LogP) is 7.87. The summed E-state index contributed by atoms with van der Waals surface area (Å²) in [5.41, 5.74) is 0.993. The summed E-state index contributed by atoms with van der Waals surface area (Å²) in [6, 6.07) is 24.9. The molecule has 0 saturated heterocycles. The van der Waals surface area contributed by atoms with Crippen LogP contribution in [0.5, 0.6) is 0 Å². The number of benzene rings is 3. The van der Waals surface area contributed by atoms with Gasteiger partial charge in [0.1, 0.15) is 0 Å². The molecule has 4 rings (SSSR count). The van der Waals surface area contributed by atoms with E-state index in [1.54, 1.807) is 94.9 Å². The third-order valence-corrected chi connectivity index (χ3v) is 9.71. The molecule has 0 unspecified atom stereocenters. The van der Waals surface area contributed by atoms with Crippen LogP contribution in [0.4, 0.5) is 0 Å². The van der Waals surface area contributed by atoms with E-state index in [0.29, 0.717) is 16.7 Å². The van der Waals surface area contributed by atoms with Crippen LogP contribution in [0.3, 0.4) is 0 Å². The number of hydrogen-bond donors (Lipinski definition) is 3. The van der Waals surface area contributed by atoms with Gasteiger partial charge in [-0.15, -0.1) is 0 Å². The van der Waals surface area contributed by atoms with E-state index in [2.05, 4.69) is 39.1 Å². The molecule has 0 aromatic heterocycles. The fourth-order valence-corrected chi connectivity index (χ4v) is 5.58. The Balaban J connectivity index is 0.000000247. The number of aromatic carboxylic acids is 3. The van der Waals surface area contributed by atoms with Gasteiger partial charge in [-0.1, -0.05) is 54.6 Å². The zero-order valence-corrected chi connectivity index (χ0v) is 23.2. The molecule has 6 nitrogen and oxygen atoms in total. The van der Waals surface area contributed by atoms with Crippen molar-refractivity contribution in [3.05, 3.63) is 130 Å². The van der Waals surface area contributed by atoms with Crippen molar-refractivity contribution < 1.29 is 45.0 Å². The van der Waals surface area contributed by atoms with Crippen LogP contribution in [0, 0.1) is 0 Å². The molecule has 3 aromatic rings. The average Bonchev–Trinajstić information content (AvgIpc) is 3.43. The van der Waals surface area contributed by atoms with Crippen LogP contribution < -0.4 is 0 Å². The second-order valence-electron chi connectivity index (χ2n) is 10.3. The third kappa shape index (κ3) is 13.2. The van der Waals surface area contributed by atoms with E-state index in [1.807, 2.05) is 0 Å². The van der Waals surface area contributed by atoms with Crippen LogP contribution in [-0.2, 0) is 15.3 Å². The first kappa shape index (κ1) is 31.3. The molecule has 3 N–H and O–H groups in total. The SMILES string of the molecule is O=C(O)c1ccccc1.O=C(O)c1ccccc1.O=C(O)c1ccccc1.[CH3][Ti]([CH3])([CH3])([CH3])[C]1=CC=CC1. The Hall–Kier alpha value is -3.74. The molecular weight excluding hydrogens is 504 g/mol. The van der Waals surface area contributed by atoms with Crippen molar-refractivity contribution in [1.29, 1.82) is 0 Å². The summed E-state index contributed by atoms with van der Waals surface area (Å²) in [4.78, 5) is 30.6. The summed E-state index contributed by atoms with van der Waals surface area (Å²) in [5, 5.41) is 35.0. The minimum absolute atomic E-state index is 0.331. The average molecular weight is 539 g/mol. The second kappa shape index (κ2) is 14.7. The normalized spacial score (nSPS) is 12.4. The van der Waals surface area contributed by atoms with Crippen LogP contribution in [-0.4, -0.2) is 33.2 Å². The summed E-state index contributed by atoms with van der Waals surface area (Å²) in [7, 11) is 0. The van der Waals surface area contributed by atoms with E-state index in [1.165, 1.54) is 6.42 Å². The standard InChI is InChI=1S/3C7H6O2.C5H5.4CH3.Ti/c3*8-7(9)6-4-2-1-3-5-6;1-2-4-5-3-1;;;;;/h3*1-5H,(H,8,9);1-3H,4H2;4*1H3;.